The maximum Gasteiger partial charge on any atom is 0.227 e. The summed E-state index contributed by atoms with van der Waals surface area (Å²) in [5, 5.41) is 2.50. The van der Waals surface area contributed by atoms with Gasteiger partial charge in [0.05, 0.1) is 4.99 Å². The Morgan fingerprint density at radius 2 is 2.44 bits per heavy atom. The summed E-state index contributed by atoms with van der Waals surface area (Å²) < 4.78 is 30.2. The van der Waals surface area contributed by atoms with Gasteiger partial charge < -0.3 is 10.3 Å². The van der Waals surface area contributed by atoms with Crippen molar-refractivity contribution in [3.63, 3.8) is 0 Å². The average molecular weight is 264 g/mol. The second-order valence-corrected chi connectivity index (χ2v) is 5.63. The van der Waals surface area contributed by atoms with Crippen LogP contribution in [0.3, 0.4) is 0 Å². The van der Waals surface area contributed by atoms with E-state index < -0.39 is 15.3 Å². The lowest BCUT2D eigenvalue weighted by atomic mass is 10.4. The molecule has 9 heteroatoms. The van der Waals surface area contributed by atoms with E-state index >= 15 is 0 Å². The highest BCUT2D eigenvalue weighted by molar-refractivity contribution is 7.93. The van der Waals surface area contributed by atoms with Crippen molar-refractivity contribution in [1.29, 1.82) is 0 Å². The molecule has 16 heavy (non-hydrogen) atoms. The first-order chi connectivity index (χ1) is 7.43. The summed E-state index contributed by atoms with van der Waals surface area (Å²) in [7, 11) is -3.52. The van der Waals surface area contributed by atoms with Crippen LogP contribution in [0.1, 0.15) is 12.8 Å². The number of rotatable bonds is 6. The number of sulfonamides is 1. The summed E-state index contributed by atoms with van der Waals surface area (Å²) >= 11 is 4.61. The maximum absolute atomic E-state index is 11.6. The van der Waals surface area contributed by atoms with Crippen molar-refractivity contribution in [2.45, 2.75) is 18.6 Å². The van der Waals surface area contributed by atoms with E-state index in [0.29, 0.717) is 12.3 Å². The van der Waals surface area contributed by atoms with Crippen molar-refractivity contribution < 1.29 is 12.9 Å². The lowest BCUT2D eigenvalue weighted by molar-refractivity contribution is 0.377. The summed E-state index contributed by atoms with van der Waals surface area (Å²) in [4.78, 5) is 3.69. The lowest BCUT2D eigenvalue weighted by Crippen LogP contribution is -2.40. The second kappa shape index (κ2) is 5.32. The highest BCUT2D eigenvalue weighted by atomic mass is 32.2. The SMILES string of the molecule is CC(C(N)=S)S(=O)(=O)NCCc1ncno1. The fourth-order valence-electron chi connectivity index (χ4n) is 0.884. The molecule has 0 spiro atoms. The summed E-state index contributed by atoms with van der Waals surface area (Å²) in [6, 6.07) is 0. The van der Waals surface area contributed by atoms with Crippen LogP contribution in [0, 0.1) is 0 Å². The minimum atomic E-state index is -3.52. The summed E-state index contributed by atoms with van der Waals surface area (Å²) in [5.74, 6) is 0.366. The zero-order chi connectivity index (χ0) is 12.2. The third-order valence-electron chi connectivity index (χ3n) is 1.92. The topological polar surface area (TPSA) is 111 Å². The van der Waals surface area contributed by atoms with Gasteiger partial charge in [-0.05, 0) is 6.92 Å². The molecule has 0 saturated carbocycles. The molecule has 3 N–H and O–H groups in total. The number of nitrogens with one attached hydrogen (secondary N) is 1. The molecule has 1 rings (SSSR count). The molecule has 0 radical (unpaired) electrons. The quantitative estimate of drug-likeness (QED) is 0.647. The molecule has 1 aromatic rings. The molecular weight excluding hydrogens is 252 g/mol. The second-order valence-electron chi connectivity index (χ2n) is 3.07. The molecule has 0 aliphatic rings. The summed E-state index contributed by atoms with van der Waals surface area (Å²) in [5.41, 5.74) is 5.26. The van der Waals surface area contributed by atoms with E-state index in [4.69, 9.17) is 10.3 Å². The molecule has 1 heterocycles. The first-order valence-corrected chi connectivity index (χ1v) is 6.42. The van der Waals surface area contributed by atoms with Gasteiger partial charge in [-0.2, -0.15) is 4.98 Å². The Bertz CT molecular complexity index is 442. The minimum Gasteiger partial charge on any atom is -0.392 e. The molecule has 1 aromatic heterocycles. The van der Waals surface area contributed by atoms with Gasteiger partial charge in [0.2, 0.25) is 15.9 Å². The van der Waals surface area contributed by atoms with E-state index in [9.17, 15) is 8.42 Å². The summed E-state index contributed by atoms with van der Waals surface area (Å²) in [6.07, 6.45) is 1.57. The normalized spacial score (nSPS) is 13.6. The van der Waals surface area contributed by atoms with Crippen LogP contribution < -0.4 is 10.5 Å². The van der Waals surface area contributed by atoms with E-state index in [0.717, 1.165) is 0 Å². The van der Waals surface area contributed by atoms with Gasteiger partial charge in [0.1, 0.15) is 5.25 Å². The lowest BCUT2D eigenvalue weighted by Gasteiger charge is -2.11. The molecule has 90 valence electrons. The van der Waals surface area contributed by atoms with E-state index in [1.165, 1.54) is 13.3 Å². The van der Waals surface area contributed by atoms with E-state index in [1.807, 2.05) is 0 Å². The van der Waals surface area contributed by atoms with E-state index in [2.05, 4.69) is 27.1 Å². The van der Waals surface area contributed by atoms with Crippen molar-refractivity contribution in [2.75, 3.05) is 6.54 Å². The number of hydrogen-bond donors (Lipinski definition) is 2. The fourth-order valence-corrected chi connectivity index (χ4v) is 2.21. The van der Waals surface area contributed by atoms with Crippen LogP contribution in [-0.2, 0) is 16.4 Å². The zero-order valence-electron chi connectivity index (χ0n) is 8.58. The Hall–Kier alpha value is -1.06. The maximum atomic E-state index is 11.6. The molecule has 1 unspecified atom stereocenters. The van der Waals surface area contributed by atoms with E-state index in [1.54, 1.807) is 0 Å². The molecule has 0 aliphatic heterocycles. The molecule has 7 nitrogen and oxygen atoms in total. The van der Waals surface area contributed by atoms with Crippen LogP contribution in [0.4, 0.5) is 0 Å². The van der Waals surface area contributed by atoms with Crippen molar-refractivity contribution in [3.8, 4) is 0 Å². The number of nitrogens with zero attached hydrogens (tertiary/aromatic N) is 2. The minimum absolute atomic E-state index is 0.0645. The van der Waals surface area contributed by atoms with Gasteiger partial charge in [-0.1, -0.05) is 17.4 Å². The van der Waals surface area contributed by atoms with Crippen LogP contribution in [0.25, 0.3) is 0 Å². The average Bonchev–Trinajstić information content (AvgIpc) is 2.69. The Morgan fingerprint density at radius 3 is 2.94 bits per heavy atom. The van der Waals surface area contributed by atoms with Gasteiger partial charge in [0, 0.05) is 13.0 Å². The predicted octanol–water partition coefficient (Wildman–Crippen LogP) is -0.794. The fraction of sp³-hybridized carbons (Fsp3) is 0.571. The van der Waals surface area contributed by atoms with Gasteiger partial charge in [-0.15, -0.1) is 0 Å². The number of hydrogen-bond acceptors (Lipinski definition) is 6. The zero-order valence-corrected chi connectivity index (χ0v) is 10.2. The Balaban J connectivity index is 2.46. The van der Waals surface area contributed by atoms with Crippen molar-refractivity contribution in [3.05, 3.63) is 12.2 Å². The molecule has 0 fully saturated rings. The van der Waals surface area contributed by atoms with Gasteiger partial charge in [-0.3, -0.25) is 0 Å². The monoisotopic (exact) mass is 264 g/mol. The third-order valence-corrected chi connectivity index (χ3v) is 4.21. The first-order valence-electron chi connectivity index (χ1n) is 4.47. The van der Waals surface area contributed by atoms with Crippen molar-refractivity contribution in [1.82, 2.24) is 14.9 Å². The molecule has 0 aromatic carbocycles. The molecular formula is C7H12N4O3S2. The number of nitrogens with two attached hydrogens (primary N) is 1. The van der Waals surface area contributed by atoms with Crippen molar-refractivity contribution in [2.24, 2.45) is 5.73 Å². The number of aromatic nitrogens is 2. The van der Waals surface area contributed by atoms with Crippen LogP contribution in [0.2, 0.25) is 0 Å². The largest absolute Gasteiger partial charge is 0.392 e. The highest BCUT2D eigenvalue weighted by Gasteiger charge is 2.22. The number of thiocarbonyl (C=S) groups is 1. The Labute approximate surface area is 98.5 Å². The van der Waals surface area contributed by atoms with Gasteiger partial charge >= 0.3 is 0 Å². The first kappa shape index (κ1) is 13.0. The van der Waals surface area contributed by atoms with Gasteiger partial charge in [-0.25, -0.2) is 13.1 Å². The van der Waals surface area contributed by atoms with Crippen LogP contribution in [0.15, 0.2) is 10.9 Å². The van der Waals surface area contributed by atoms with Gasteiger partial charge in [0.25, 0.3) is 0 Å². The van der Waals surface area contributed by atoms with Gasteiger partial charge in [0.15, 0.2) is 6.33 Å². The van der Waals surface area contributed by atoms with Crippen LogP contribution in [-0.4, -0.2) is 35.3 Å². The molecule has 0 amide bonds. The standard InChI is InChI=1S/C7H12N4O3S2/c1-5(7(8)15)16(12,13)11-3-2-6-9-4-10-14-6/h4-5,11H,2-3H2,1H3,(H2,8,15). The highest BCUT2D eigenvalue weighted by Crippen LogP contribution is 1.99. The molecule has 1 atom stereocenters. The third kappa shape index (κ3) is 3.51. The molecule has 0 aliphatic carbocycles. The predicted molar refractivity (Wildman–Crippen MR) is 61.2 cm³/mol. The summed E-state index contributed by atoms with van der Waals surface area (Å²) in [6.45, 7) is 1.59. The van der Waals surface area contributed by atoms with Crippen LogP contribution in [0.5, 0.6) is 0 Å². The Kier molecular flexibility index (Phi) is 4.33. The van der Waals surface area contributed by atoms with Crippen molar-refractivity contribution >= 4 is 27.2 Å². The Morgan fingerprint density at radius 1 is 1.75 bits per heavy atom. The smallest absolute Gasteiger partial charge is 0.227 e. The molecule has 0 saturated heterocycles. The molecule has 0 bridgehead atoms. The van der Waals surface area contributed by atoms with Crippen LogP contribution >= 0.6 is 12.2 Å². The van der Waals surface area contributed by atoms with E-state index in [-0.39, 0.29) is 11.5 Å².